The third kappa shape index (κ3) is 7.84. The van der Waals surface area contributed by atoms with Crippen molar-refractivity contribution in [2.45, 2.75) is 18.9 Å². The molecule has 0 saturated carbocycles. The van der Waals surface area contributed by atoms with Crippen molar-refractivity contribution in [1.82, 2.24) is 15.5 Å². The van der Waals surface area contributed by atoms with Gasteiger partial charge in [-0.15, -0.1) is 0 Å². The number of hydrogen-bond acceptors (Lipinski definition) is 5. The van der Waals surface area contributed by atoms with Crippen LogP contribution in [0.5, 0.6) is 0 Å². The summed E-state index contributed by atoms with van der Waals surface area (Å²) in [5, 5.41) is 14.2. The molecule has 3 N–H and O–H groups in total. The van der Waals surface area contributed by atoms with E-state index in [4.69, 9.17) is 14.6 Å². The molecule has 1 atom stereocenters. The smallest absolute Gasteiger partial charge is 0.326 e. The minimum Gasteiger partial charge on any atom is -0.480 e. The van der Waals surface area contributed by atoms with E-state index in [1.807, 2.05) is 0 Å². The van der Waals surface area contributed by atoms with E-state index in [0.29, 0.717) is 39.2 Å². The predicted octanol–water partition coefficient (Wildman–Crippen LogP) is -0.502. The molecule has 1 rings (SSSR count). The van der Waals surface area contributed by atoms with Gasteiger partial charge in [0.15, 0.2) is 0 Å². The number of carboxylic acid groups (broad SMARTS) is 1. The summed E-state index contributed by atoms with van der Waals surface area (Å²) in [5.41, 5.74) is 0. The van der Waals surface area contributed by atoms with Crippen molar-refractivity contribution >= 4 is 12.0 Å². The monoisotopic (exact) mass is 303 g/mol. The molecule has 1 aliphatic heterocycles. The van der Waals surface area contributed by atoms with E-state index in [-0.39, 0.29) is 0 Å². The number of hydrogen-bond donors (Lipinski definition) is 3. The Kier molecular flexibility index (Phi) is 8.72. The number of carbonyl (C=O) groups excluding carboxylic acids is 1. The van der Waals surface area contributed by atoms with Gasteiger partial charge in [0, 0.05) is 39.9 Å². The van der Waals surface area contributed by atoms with Gasteiger partial charge in [-0.2, -0.15) is 0 Å². The molecule has 0 bridgehead atoms. The lowest BCUT2D eigenvalue weighted by molar-refractivity contribution is -0.139. The topological polar surface area (TPSA) is 100 Å². The van der Waals surface area contributed by atoms with Gasteiger partial charge >= 0.3 is 12.0 Å². The molecule has 2 amide bonds. The minimum atomic E-state index is -1.03. The van der Waals surface area contributed by atoms with Crippen LogP contribution < -0.4 is 10.6 Å². The molecule has 1 aliphatic rings. The number of methoxy groups -OCH3 is 1. The molecule has 0 spiro atoms. The molecule has 1 fully saturated rings. The third-order valence-corrected chi connectivity index (χ3v) is 3.26. The van der Waals surface area contributed by atoms with Gasteiger partial charge in [0.25, 0.3) is 0 Å². The van der Waals surface area contributed by atoms with Crippen molar-refractivity contribution in [3.8, 4) is 0 Å². The van der Waals surface area contributed by atoms with E-state index in [9.17, 15) is 9.59 Å². The average Bonchev–Trinajstić information content (AvgIpc) is 2.47. The maximum absolute atomic E-state index is 11.7. The predicted molar refractivity (Wildman–Crippen MR) is 76.3 cm³/mol. The van der Waals surface area contributed by atoms with Gasteiger partial charge in [0.1, 0.15) is 6.04 Å². The van der Waals surface area contributed by atoms with E-state index in [1.54, 1.807) is 7.11 Å². The van der Waals surface area contributed by atoms with Crippen LogP contribution in [-0.2, 0) is 14.3 Å². The molecule has 0 aliphatic carbocycles. The van der Waals surface area contributed by atoms with Crippen molar-refractivity contribution in [3.63, 3.8) is 0 Å². The maximum atomic E-state index is 11.7. The summed E-state index contributed by atoms with van der Waals surface area (Å²) < 4.78 is 10.1. The van der Waals surface area contributed by atoms with Crippen molar-refractivity contribution in [2.75, 3.05) is 53.1 Å². The number of nitrogens with one attached hydrogen (secondary N) is 2. The molecule has 1 saturated heterocycles. The Morgan fingerprint density at radius 2 is 2.10 bits per heavy atom. The Morgan fingerprint density at radius 1 is 1.38 bits per heavy atom. The van der Waals surface area contributed by atoms with Gasteiger partial charge < -0.3 is 25.2 Å². The number of nitrogens with zero attached hydrogens (tertiary/aromatic N) is 1. The first-order chi connectivity index (χ1) is 10.1. The number of urea groups is 1. The Labute approximate surface area is 124 Å². The molecule has 21 heavy (non-hydrogen) atoms. The molecule has 0 aromatic carbocycles. The summed E-state index contributed by atoms with van der Waals surface area (Å²) >= 11 is 0. The first-order valence-electron chi connectivity index (χ1n) is 7.19. The number of aliphatic carboxylic acids is 1. The first kappa shape index (κ1) is 17.7. The summed E-state index contributed by atoms with van der Waals surface area (Å²) in [7, 11) is 1.56. The molecule has 122 valence electrons. The zero-order valence-electron chi connectivity index (χ0n) is 12.5. The fourth-order valence-electron chi connectivity index (χ4n) is 2.05. The molecule has 1 heterocycles. The zero-order valence-corrected chi connectivity index (χ0v) is 12.5. The molecule has 0 aromatic heterocycles. The van der Waals surface area contributed by atoms with Crippen molar-refractivity contribution in [3.05, 3.63) is 0 Å². The van der Waals surface area contributed by atoms with E-state index < -0.39 is 18.0 Å². The van der Waals surface area contributed by atoms with E-state index in [2.05, 4.69) is 15.5 Å². The lowest BCUT2D eigenvalue weighted by Gasteiger charge is -2.26. The van der Waals surface area contributed by atoms with Gasteiger partial charge in [0.05, 0.1) is 13.2 Å². The van der Waals surface area contributed by atoms with Gasteiger partial charge in [-0.05, 0) is 12.8 Å². The molecule has 8 heteroatoms. The van der Waals surface area contributed by atoms with Gasteiger partial charge in [-0.25, -0.2) is 9.59 Å². The highest BCUT2D eigenvalue weighted by molar-refractivity contribution is 5.82. The fraction of sp³-hybridized carbons (Fsp3) is 0.846. The second-order valence-electron chi connectivity index (χ2n) is 4.88. The van der Waals surface area contributed by atoms with Crippen LogP contribution in [0.15, 0.2) is 0 Å². The Balaban J connectivity index is 2.18. The van der Waals surface area contributed by atoms with Crippen molar-refractivity contribution in [2.24, 2.45) is 0 Å². The van der Waals surface area contributed by atoms with Gasteiger partial charge in [-0.1, -0.05) is 0 Å². The van der Waals surface area contributed by atoms with Crippen LogP contribution in [0.2, 0.25) is 0 Å². The number of carbonyl (C=O) groups is 2. The number of amides is 2. The second kappa shape index (κ2) is 10.4. The van der Waals surface area contributed by atoms with Crippen LogP contribution in [0, 0.1) is 0 Å². The van der Waals surface area contributed by atoms with Gasteiger partial charge in [-0.3, -0.25) is 4.90 Å². The summed E-state index contributed by atoms with van der Waals surface area (Å²) in [6, 6.07) is -1.34. The highest BCUT2D eigenvalue weighted by Crippen LogP contribution is 1.98. The number of carboxylic acids is 1. The third-order valence-electron chi connectivity index (χ3n) is 3.26. The largest absolute Gasteiger partial charge is 0.480 e. The summed E-state index contributed by atoms with van der Waals surface area (Å²) in [4.78, 5) is 24.9. The molecular weight excluding hydrogens is 278 g/mol. The van der Waals surface area contributed by atoms with E-state index in [1.165, 1.54) is 0 Å². The van der Waals surface area contributed by atoms with Crippen LogP contribution in [0.25, 0.3) is 0 Å². The standard InChI is InChI=1S/C13H25N3O5/c1-20-8-2-3-11(12(17)18)15-13(19)14-4-5-16-6-9-21-10-7-16/h11H,2-10H2,1H3,(H,17,18)(H2,14,15,19). The average molecular weight is 303 g/mol. The van der Waals surface area contributed by atoms with Crippen LogP contribution in [0.4, 0.5) is 4.79 Å². The van der Waals surface area contributed by atoms with Crippen molar-refractivity contribution in [1.29, 1.82) is 0 Å². The van der Waals surface area contributed by atoms with Gasteiger partial charge in [0.2, 0.25) is 0 Å². The van der Waals surface area contributed by atoms with Crippen LogP contribution in [0.3, 0.4) is 0 Å². The number of morpholine rings is 1. The Bertz CT molecular complexity index is 321. The minimum absolute atomic E-state index is 0.347. The number of rotatable bonds is 9. The van der Waals surface area contributed by atoms with Crippen LogP contribution in [-0.4, -0.2) is 81.2 Å². The van der Waals surface area contributed by atoms with Crippen LogP contribution in [0.1, 0.15) is 12.8 Å². The lowest BCUT2D eigenvalue weighted by Crippen LogP contribution is -2.48. The second-order valence-corrected chi connectivity index (χ2v) is 4.88. The van der Waals surface area contributed by atoms with E-state index >= 15 is 0 Å². The molecular formula is C13H25N3O5. The summed E-state index contributed by atoms with van der Waals surface area (Å²) in [6.07, 6.45) is 0.932. The maximum Gasteiger partial charge on any atom is 0.326 e. The van der Waals surface area contributed by atoms with E-state index in [0.717, 1.165) is 19.6 Å². The summed E-state index contributed by atoms with van der Waals surface area (Å²) in [5.74, 6) is -1.03. The highest BCUT2D eigenvalue weighted by atomic mass is 16.5. The van der Waals surface area contributed by atoms with Crippen LogP contribution >= 0.6 is 0 Å². The molecule has 0 radical (unpaired) electrons. The fourth-order valence-corrected chi connectivity index (χ4v) is 2.05. The highest BCUT2D eigenvalue weighted by Gasteiger charge is 2.19. The first-order valence-corrected chi connectivity index (χ1v) is 7.19. The SMILES string of the molecule is COCCCC(NC(=O)NCCN1CCOCC1)C(=O)O. The normalized spacial score (nSPS) is 17.2. The number of ether oxygens (including phenoxy) is 2. The lowest BCUT2D eigenvalue weighted by atomic mass is 10.1. The molecule has 0 aromatic rings. The Hall–Kier alpha value is -1.38. The quantitative estimate of drug-likeness (QED) is 0.496. The Morgan fingerprint density at radius 3 is 2.71 bits per heavy atom. The molecule has 1 unspecified atom stereocenters. The summed E-state index contributed by atoms with van der Waals surface area (Å²) in [6.45, 7) is 4.84. The van der Waals surface area contributed by atoms with Crippen molar-refractivity contribution < 1.29 is 24.2 Å². The molecule has 8 nitrogen and oxygen atoms in total. The zero-order chi connectivity index (χ0) is 15.5.